The van der Waals surface area contributed by atoms with E-state index < -0.39 is 61.1 Å². The van der Waals surface area contributed by atoms with E-state index in [2.05, 4.69) is 21.3 Å². The van der Waals surface area contributed by atoms with Gasteiger partial charge >= 0.3 is 6.03 Å². The van der Waals surface area contributed by atoms with Crippen LogP contribution in [0, 0.1) is 28.1 Å². The summed E-state index contributed by atoms with van der Waals surface area (Å²) in [6.45, 7) is 11.8. The fourth-order valence-electron chi connectivity index (χ4n) is 9.16. The van der Waals surface area contributed by atoms with E-state index in [1.54, 1.807) is 20.8 Å². The largest absolute Gasteiger partial charge is 0.347 e. The van der Waals surface area contributed by atoms with E-state index in [0.717, 1.165) is 82.6 Å². The van der Waals surface area contributed by atoms with Crippen LogP contribution in [0.4, 0.5) is 4.79 Å². The lowest BCUT2D eigenvalue weighted by Gasteiger charge is -2.42. The van der Waals surface area contributed by atoms with Gasteiger partial charge in [0.2, 0.25) is 11.7 Å². The number of carbonyl (C=O) groups is 5. The van der Waals surface area contributed by atoms with Crippen LogP contribution in [0.5, 0.6) is 0 Å². The molecule has 0 aromatic heterocycles. The van der Waals surface area contributed by atoms with Gasteiger partial charge in [-0.1, -0.05) is 72.1 Å². The minimum atomic E-state index is -3.45. The van der Waals surface area contributed by atoms with Gasteiger partial charge in [0.05, 0.1) is 16.5 Å². The minimum absolute atomic E-state index is 0.00661. The molecular weight excluding hydrogens is 695 g/mol. The molecule has 1 aliphatic heterocycles. The highest BCUT2D eigenvalue weighted by Crippen LogP contribution is 2.63. The summed E-state index contributed by atoms with van der Waals surface area (Å²) >= 11 is 0. The summed E-state index contributed by atoms with van der Waals surface area (Å²) in [5.41, 5.74) is -0.345. The van der Waals surface area contributed by atoms with Gasteiger partial charge in [0.1, 0.15) is 11.7 Å². The lowest BCUT2D eigenvalue weighted by atomic mass is 9.70. The molecule has 0 aromatic carbocycles. The third-order valence-corrected chi connectivity index (χ3v) is 16.3. The van der Waals surface area contributed by atoms with Crippen LogP contribution in [0.25, 0.3) is 0 Å². The van der Waals surface area contributed by atoms with Gasteiger partial charge in [-0.3, -0.25) is 19.2 Å². The Morgan fingerprint density at radius 3 is 2.02 bits per heavy atom. The van der Waals surface area contributed by atoms with Crippen molar-refractivity contribution in [2.75, 3.05) is 18.8 Å². The van der Waals surface area contributed by atoms with Gasteiger partial charge in [0.25, 0.3) is 11.8 Å². The molecule has 13 heteroatoms. The third kappa shape index (κ3) is 8.64. The topological polar surface area (TPSA) is 171 Å². The highest BCUT2D eigenvalue weighted by atomic mass is 32.2. The fourth-order valence-corrected chi connectivity index (χ4v) is 10.8. The molecule has 0 saturated heterocycles. The van der Waals surface area contributed by atoms with Crippen LogP contribution in [0.2, 0.25) is 0 Å². The molecule has 0 bridgehead atoms. The summed E-state index contributed by atoms with van der Waals surface area (Å²) in [5, 5.41) is 11.7. The standard InChI is InChI=1S/C40H63N5O7S/c1-37(2,3)53(51,52)24-40(19-11-8-12-20-40)23-41-36(50)44-32(39(6)17-9-7-10-18-39)35(49)45-22-27-29(38(27,4)5)30(45)33(47)43-28(21-25-13-14-25)31(46)34(48)42-26-15-16-26/h25-28,32H,7-24H2,1-6H3,(H,42,48)(H,43,47)(H2,41,44,50)/t27?,28?,32-/m1/s1. The number of nitrogens with zero attached hydrogens (tertiary/aromatic N) is 1. The fraction of sp³-hybridized carbons (Fsp3) is 0.825. The molecular formula is C40H63N5O7S. The first kappa shape index (κ1) is 39.7. The van der Waals surface area contributed by atoms with Crippen molar-refractivity contribution < 1.29 is 32.4 Å². The second kappa shape index (κ2) is 14.6. The number of hydrogen-bond donors (Lipinski definition) is 4. The SMILES string of the molecule is CC1(C)C2=C(C(=O)NC(CC3CC3)C(=O)C(=O)NC3CC3)N(C(=O)[C@@H](NC(=O)NCC3(CS(=O)(=O)C(C)(C)C)CCCCC3)C3(C)CCCCC3)CC21. The molecule has 5 amide bonds. The van der Waals surface area contributed by atoms with Gasteiger partial charge < -0.3 is 26.2 Å². The van der Waals surface area contributed by atoms with Crippen molar-refractivity contribution in [1.82, 2.24) is 26.2 Å². The Bertz CT molecular complexity index is 1630. The predicted molar refractivity (Wildman–Crippen MR) is 202 cm³/mol. The molecule has 5 saturated carbocycles. The van der Waals surface area contributed by atoms with E-state index in [1.165, 1.54) is 4.90 Å². The molecule has 5 aliphatic carbocycles. The van der Waals surface area contributed by atoms with Crippen LogP contribution in [-0.2, 0) is 29.0 Å². The number of ketones is 1. The van der Waals surface area contributed by atoms with Crippen molar-refractivity contribution in [2.45, 2.75) is 161 Å². The molecule has 5 fully saturated rings. The molecule has 1 heterocycles. The Hall–Kier alpha value is -2.96. The van der Waals surface area contributed by atoms with Crippen molar-refractivity contribution in [3.05, 3.63) is 11.3 Å². The van der Waals surface area contributed by atoms with Crippen LogP contribution < -0.4 is 21.3 Å². The van der Waals surface area contributed by atoms with Gasteiger partial charge in [-0.05, 0) is 88.0 Å². The molecule has 53 heavy (non-hydrogen) atoms. The van der Waals surface area contributed by atoms with Crippen LogP contribution in [0.15, 0.2) is 11.3 Å². The van der Waals surface area contributed by atoms with Gasteiger partial charge in [0.15, 0.2) is 9.84 Å². The number of sulfone groups is 1. The number of hydrogen-bond acceptors (Lipinski definition) is 7. The van der Waals surface area contributed by atoms with E-state index in [0.29, 0.717) is 25.8 Å². The molecule has 0 aromatic rings. The molecule has 6 aliphatic rings. The molecule has 6 rings (SSSR count). The summed E-state index contributed by atoms with van der Waals surface area (Å²) < 4.78 is 25.8. The molecule has 2 unspecified atom stereocenters. The van der Waals surface area contributed by atoms with Crippen LogP contribution in [0.1, 0.15) is 138 Å². The number of carbonyl (C=O) groups excluding carboxylic acids is 5. The lowest BCUT2D eigenvalue weighted by Crippen LogP contribution is -2.60. The Morgan fingerprint density at radius 1 is 0.849 bits per heavy atom. The van der Waals surface area contributed by atoms with E-state index in [1.807, 2.05) is 20.8 Å². The second-order valence-corrected chi connectivity index (χ2v) is 22.0. The molecule has 3 atom stereocenters. The first-order valence-electron chi connectivity index (χ1n) is 20.3. The average Bonchev–Trinajstić information content (AvgIpc) is 4.05. The monoisotopic (exact) mass is 757 g/mol. The first-order chi connectivity index (χ1) is 24.8. The van der Waals surface area contributed by atoms with Crippen molar-refractivity contribution in [2.24, 2.45) is 28.1 Å². The van der Waals surface area contributed by atoms with Gasteiger partial charge in [0, 0.05) is 30.5 Å². The maximum absolute atomic E-state index is 14.8. The highest BCUT2D eigenvalue weighted by molar-refractivity contribution is 7.92. The quantitative estimate of drug-likeness (QED) is 0.187. The Labute approximate surface area is 316 Å². The Morgan fingerprint density at radius 2 is 1.45 bits per heavy atom. The Balaban J connectivity index is 1.21. The summed E-state index contributed by atoms with van der Waals surface area (Å²) in [4.78, 5) is 70.6. The summed E-state index contributed by atoms with van der Waals surface area (Å²) in [6, 6.07) is -2.42. The van der Waals surface area contributed by atoms with Crippen molar-refractivity contribution >= 4 is 39.4 Å². The molecule has 4 N–H and O–H groups in total. The highest BCUT2D eigenvalue weighted by Gasteiger charge is 2.62. The maximum atomic E-state index is 14.8. The Kier molecular flexibility index (Phi) is 10.9. The van der Waals surface area contributed by atoms with E-state index in [-0.39, 0.29) is 47.2 Å². The predicted octanol–water partition coefficient (Wildman–Crippen LogP) is 4.67. The van der Waals surface area contributed by atoms with Crippen LogP contribution in [-0.4, -0.2) is 84.6 Å². The first-order valence-corrected chi connectivity index (χ1v) is 21.9. The smallest absolute Gasteiger partial charge is 0.315 e. The summed E-state index contributed by atoms with van der Waals surface area (Å²) in [7, 11) is -3.45. The van der Waals surface area contributed by atoms with Crippen molar-refractivity contribution in [1.29, 1.82) is 0 Å². The average molecular weight is 758 g/mol. The molecule has 296 valence electrons. The van der Waals surface area contributed by atoms with Crippen molar-refractivity contribution in [3.8, 4) is 0 Å². The number of Topliss-reactive ketones (excluding diaryl/α,β-unsaturated/α-hetero) is 1. The number of rotatable bonds is 14. The zero-order chi connectivity index (χ0) is 38.6. The second-order valence-electron chi connectivity index (χ2n) is 19.2. The lowest BCUT2D eigenvalue weighted by molar-refractivity contribution is -0.141. The van der Waals surface area contributed by atoms with Gasteiger partial charge in [-0.25, -0.2) is 13.2 Å². The minimum Gasteiger partial charge on any atom is -0.347 e. The number of fused-ring (bicyclic) bond motifs is 1. The zero-order valence-corrected chi connectivity index (χ0v) is 33.6. The number of nitrogens with one attached hydrogen (secondary N) is 4. The maximum Gasteiger partial charge on any atom is 0.315 e. The van der Waals surface area contributed by atoms with Crippen LogP contribution in [0.3, 0.4) is 0 Å². The normalized spacial score (nSPS) is 25.8. The van der Waals surface area contributed by atoms with Crippen LogP contribution >= 0.6 is 0 Å². The summed E-state index contributed by atoms with van der Waals surface area (Å²) in [5.74, 6) is -1.98. The molecule has 12 nitrogen and oxygen atoms in total. The number of urea groups is 1. The summed E-state index contributed by atoms with van der Waals surface area (Å²) in [6.07, 6.45) is 12.5. The third-order valence-electron chi connectivity index (χ3n) is 13.4. The van der Waals surface area contributed by atoms with Crippen molar-refractivity contribution in [3.63, 3.8) is 0 Å². The zero-order valence-electron chi connectivity index (χ0n) is 32.8. The molecule has 0 radical (unpaired) electrons. The van der Waals surface area contributed by atoms with E-state index in [9.17, 15) is 32.4 Å². The molecule has 0 spiro atoms. The van der Waals surface area contributed by atoms with Gasteiger partial charge in [-0.15, -0.1) is 0 Å². The van der Waals surface area contributed by atoms with Gasteiger partial charge in [-0.2, -0.15) is 0 Å². The number of amides is 5. The van der Waals surface area contributed by atoms with E-state index in [4.69, 9.17) is 0 Å². The van der Waals surface area contributed by atoms with E-state index >= 15 is 0 Å².